The van der Waals surface area contributed by atoms with Crippen molar-refractivity contribution < 1.29 is 9.84 Å². The molecule has 11 heavy (non-hydrogen) atoms. The Morgan fingerprint density at radius 3 is 2.91 bits per heavy atom. The summed E-state index contributed by atoms with van der Waals surface area (Å²) in [5.41, 5.74) is 0. The largest absolute Gasteiger partial charge is 0.393 e. The molecule has 1 N–H and O–H groups in total. The fraction of sp³-hybridized carbons (Fsp3) is 1.00. The lowest BCUT2D eigenvalue weighted by molar-refractivity contribution is 0.00345. The highest BCUT2D eigenvalue weighted by atomic mass is 16.5. The molecule has 0 aromatic rings. The normalized spacial score (nSPS) is 28.4. The van der Waals surface area contributed by atoms with Crippen LogP contribution in [0.4, 0.5) is 0 Å². The van der Waals surface area contributed by atoms with E-state index >= 15 is 0 Å². The first-order valence-corrected chi connectivity index (χ1v) is 4.58. The van der Waals surface area contributed by atoms with Gasteiger partial charge in [0.15, 0.2) is 0 Å². The first-order chi connectivity index (χ1) is 5.29. The maximum absolute atomic E-state index is 9.03. The molecule has 0 spiro atoms. The summed E-state index contributed by atoms with van der Waals surface area (Å²) in [6, 6.07) is 0. The zero-order valence-corrected chi connectivity index (χ0v) is 7.25. The summed E-state index contributed by atoms with van der Waals surface area (Å²) < 4.78 is 5.52. The van der Waals surface area contributed by atoms with Gasteiger partial charge in [0.25, 0.3) is 0 Å². The lowest BCUT2D eigenvalue weighted by Gasteiger charge is -2.22. The van der Waals surface area contributed by atoms with Crippen LogP contribution in [0, 0.1) is 0 Å². The molecule has 1 rings (SSSR count). The van der Waals surface area contributed by atoms with E-state index in [1.165, 1.54) is 19.3 Å². The highest BCUT2D eigenvalue weighted by molar-refractivity contribution is 4.64. The van der Waals surface area contributed by atoms with Gasteiger partial charge < -0.3 is 9.84 Å². The number of aliphatic hydroxyl groups is 1. The van der Waals surface area contributed by atoms with Crippen molar-refractivity contribution in [3.8, 4) is 0 Å². The van der Waals surface area contributed by atoms with E-state index in [0.717, 1.165) is 19.4 Å². The van der Waals surface area contributed by atoms with Crippen LogP contribution in [0.5, 0.6) is 0 Å². The van der Waals surface area contributed by atoms with Crippen molar-refractivity contribution in [1.29, 1.82) is 0 Å². The molecule has 0 saturated carbocycles. The lowest BCUT2D eigenvalue weighted by Crippen LogP contribution is -2.20. The Labute approximate surface area is 68.6 Å². The van der Waals surface area contributed by atoms with Gasteiger partial charge in [0.05, 0.1) is 12.2 Å². The van der Waals surface area contributed by atoms with Gasteiger partial charge in [0.1, 0.15) is 0 Å². The first kappa shape index (κ1) is 9.01. The summed E-state index contributed by atoms with van der Waals surface area (Å²) in [5, 5.41) is 9.03. The molecule has 1 saturated heterocycles. The Bertz CT molecular complexity index is 95.7. The van der Waals surface area contributed by atoms with Crippen LogP contribution in [0.3, 0.4) is 0 Å². The van der Waals surface area contributed by atoms with Crippen LogP contribution in [0.2, 0.25) is 0 Å². The molecule has 1 fully saturated rings. The summed E-state index contributed by atoms with van der Waals surface area (Å²) >= 11 is 0. The molecule has 0 aromatic heterocycles. The van der Waals surface area contributed by atoms with Crippen LogP contribution in [0.1, 0.15) is 39.0 Å². The minimum absolute atomic E-state index is 0.166. The van der Waals surface area contributed by atoms with E-state index in [2.05, 4.69) is 0 Å². The van der Waals surface area contributed by atoms with Crippen molar-refractivity contribution in [3.63, 3.8) is 0 Å². The van der Waals surface area contributed by atoms with Gasteiger partial charge in [-0.25, -0.2) is 0 Å². The first-order valence-electron chi connectivity index (χ1n) is 4.58. The molecule has 1 aliphatic rings. The minimum Gasteiger partial charge on any atom is -0.393 e. The summed E-state index contributed by atoms with van der Waals surface area (Å²) in [6.07, 6.45) is 5.86. The number of rotatable bonds is 3. The molecule has 2 atom stereocenters. The van der Waals surface area contributed by atoms with Crippen molar-refractivity contribution in [2.24, 2.45) is 0 Å². The Balaban J connectivity index is 2.05. The Kier molecular flexibility index (Phi) is 3.87. The van der Waals surface area contributed by atoms with Crippen LogP contribution in [-0.4, -0.2) is 23.9 Å². The third-order valence-electron chi connectivity index (χ3n) is 2.18. The van der Waals surface area contributed by atoms with Gasteiger partial charge >= 0.3 is 0 Å². The highest BCUT2D eigenvalue weighted by Crippen LogP contribution is 2.17. The molecule has 0 bridgehead atoms. The van der Waals surface area contributed by atoms with Crippen LogP contribution >= 0.6 is 0 Å². The fourth-order valence-electron chi connectivity index (χ4n) is 1.46. The third kappa shape index (κ3) is 3.73. The predicted molar refractivity (Wildman–Crippen MR) is 44.5 cm³/mol. The zero-order chi connectivity index (χ0) is 8.10. The van der Waals surface area contributed by atoms with Gasteiger partial charge in [-0.3, -0.25) is 0 Å². The molecule has 0 radical (unpaired) electrons. The Morgan fingerprint density at radius 1 is 1.55 bits per heavy atom. The molecule has 0 unspecified atom stereocenters. The number of hydrogen-bond donors (Lipinski definition) is 1. The summed E-state index contributed by atoms with van der Waals surface area (Å²) in [5.74, 6) is 0. The van der Waals surface area contributed by atoms with E-state index < -0.39 is 0 Å². The number of ether oxygens (including phenoxy) is 1. The summed E-state index contributed by atoms with van der Waals surface area (Å²) in [4.78, 5) is 0. The highest BCUT2D eigenvalue weighted by Gasteiger charge is 2.13. The van der Waals surface area contributed by atoms with Gasteiger partial charge in [0.2, 0.25) is 0 Å². The predicted octanol–water partition coefficient (Wildman–Crippen LogP) is 1.72. The molecule has 66 valence electrons. The van der Waals surface area contributed by atoms with E-state index in [1.807, 2.05) is 6.92 Å². The van der Waals surface area contributed by atoms with Gasteiger partial charge in [-0.1, -0.05) is 0 Å². The molecule has 2 heteroatoms. The van der Waals surface area contributed by atoms with E-state index in [1.54, 1.807) is 0 Å². The standard InChI is InChI=1S/C9H18O2/c1-8(10)5-6-9-4-2-3-7-11-9/h8-10H,2-7H2,1H3/t8-,9-/m1/s1. The van der Waals surface area contributed by atoms with Gasteiger partial charge in [-0.15, -0.1) is 0 Å². The quantitative estimate of drug-likeness (QED) is 0.677. The van der Waals surface area contributed by atoms with Crippen LogP contribution in [0.15, 0.2) is 0 Å². The van der Waals surface area contributed by atoms with E-state index in [9.17, 15) is 0 Å². The molecule has 0 aliphatic carbocycles. The molecule has 1 heterocycles. The maximum atomic E-state index is 9.03. The Morgan fingerprint density at radius 2 is 2.36 bits per heavy atom. The van der Waals surface area contributed by atoms with Gasteiger partial charge in [0, 0.05) is 6.61 Å². The Hall–Kier alpha value is -0.0800. The van der Waals surface area contributed by atoms with Crippen molar-refractivity contribution in [1.82, 2.24) is 0 Å². The van der Waals surface area contributed by atoms with Crippen molar-refractivity contribution in [2.75, 3.05) is 6.61 Å². The number of aliphatic hydroxyl groups excluding tert-OH is 1. The van der Waals surface area contributed by atoms with Crippen molar-refractivity contribution >= 4 is 0 Å². The van der Waals surface area contributed by atoms with Gasteiger partial charge in [-0.2, -0.15) is 0 Å². The van der Waals surface area contributed by atoms with Crippen LogP contribution < -0.4 is 0 Å². The molecular formula is C9H18O2. The minimum atomic E-state index is -0.166. The summed E-state index contributed by atoms with van der Waals surface area (Å²) in [6.45, 7) is 2.76. The van der Waals surface area contributed by atoms with Crippen molar-refractivity contribution in [2.45, 2.75) is 51.2 Å². The average Bonchev–Trinajstić information content (AvgIpc) is 2.03. The SMILES string of the molecule is C[C@@H](O)CC[C@H]1CCCCO1. The lowest BCUT2D eigenvalue weighted by atomic mass is 10.0. The second kappa shape index (κ2) is 4.73. The monoisotopic (exact) mass is 158 g/mol. The third-order valence-corrected chi connectivity index (χ3v) is 2.18. The maximum Gasteiger partial charge on any atom is 0.0576 e. The zero-order valence-electron chi connectivity index (χ0n) is 7.25. The molecule has 1 aliphatic heterocycles. The topological polar surface area (TPSA) is 29.5 Å². The fourth-order valence-corrected chi connectivity index (χ4v) is 1.46. The van der Waals surface area contributed by atoms with Crippen LogP contribution in [-0.2, 0) is 4.74 Å². The molecule has 2 nitrogen and oxygen atoms in total. The number of hydrogen-bond acceptors (Lipinski definition) is 2. The molecular weight excluding hydrogens is 140 g/mol. The average molecular weight is 158 g/mol. The van der Waals surface area contributed by atoms with Crippen molar-refractivity contribution in [3.05, 3.63) is 0 Å². The second-order valence-corrected chi connectivity index (χ2v) is 3.41. The molecule has 0 amide bonds. The van der Waals surface area contributed by atoms with E-state index in [-0.39, 0.29) is 6.10 Å². The van der Waals surface area contributed by atoms with Gasteiger partial charge in [-0.05, 0) is 39.0 Å². The smallest absolute Gasteiger partial charge is 0.0576 e. The van der Waals surface area contributed by atoms with E-state index in [0.29, 0.717) is 6.10 Å². The summed E-state index contributed by atoms with van der Waals surface area (Å²) in [7, 11) is 0. The van der Waals surface area contributed by atoms with E-state index in [4.69, 9.17) is 9.84 Å². The second-order valence-electron chi connectivity index (χ2n) is 3.41. The molecule has 0 aromatic carbocycles. The van der Waals surface area contributed by atoms with Crippen LogP contribution in [0.25, 0.3) is 0 Å².